The number of aliphatic imine (C=N–C) groups is 1. The molecule has 2 saturated heterocycles. The van der Waals surface area contributed by atoms with E-state index in [-0.39, 0.29) is 48.9 Å². The number of guanidine groups is 1. The first-order valence-corrected chi connectivity index (χ1v) is 19.9. The predicted octanol–water partition coefficient (Wildman–Crippen LogP) is 4.10. The highest BCUT2D eigenvalue weighted by Crippen LogP contribution is 2.30. The number of piperazine rings is 1. The Balaban J connectivity index is 0.801. The number of imide groups is 2. The third-order valence-electron chi connectivity index (χ3n) is 9.97. The van der Waals surface area contributed by atoms with Crippen LogP contribution in [0.5, 0.6) is 0 Å². The first kappa shape index (κ1) is 39.0. The average Bonchev–Trinajstić information content (AvgIpc) is 3.47. The van der Waals surface area contributed by atoms with Crippen LogP contribution in [0.2, 0.25) is 0 Å². The van der Waals surface area contributed by atoms with Crippen LogP contribution in [0.4, 0.5) is 22.9 Å². The number of nitrogens with one attached hydrogen (secondary N) is 3. The summed E-state index contributed by atoms with van der Waals surface area (Å²) in [6, 6.07) is 25.6. The van der Waals surface area contributed by atoms with Crippen molar-refractivity contribution in [1.82, 2.24) is 20.1 Å². The van der Waals surface area contributed by atoms with Crippen LogP contribution in [0, 0.1) is 0 Å². The van der Waals surface area contributed by atoms with E-state index in [0.29, 0.717) is 50.8 Å². The Hall–Kier alpha value is -6.26. The summed E-state index contributed by atoms with van der Waals surface area (Å²) in [6.07, 6.45) is 2.47. The van der Waals surface area contributed by atoms with Crippen molar-refractivity contribution in [3.8, 4) is 11.3 Å². The van der Waals surface area contributed by atoms with Gasteiger partial charge >= 0.3 is 0 Å². The predicted molar refractivity (Wildman–Crippen MR) is 219 cm³/mol. The first-order valence-electron chi connectivity index (χ1n) is 18.7. The summed E-state index contributed by atoms with van der Waals surface area (Å²) in [5, 5.41) is 8.50. The van der Waals surface area contributed by atoms with Gasteiger partial charge in [0.15, 0.2) is 11.8 Å². The lowest BCUT2D eigenvalue weighted by Gasteiger charge is -2.36. The summed E-state index contributed by atoms with van der Waals surface area (Å²) in [6.45, 7) is 3.63. The van der Waals surface area contributed by atoms with E-state index >= 15 is 0 Å². The fourth-order valence-corrected chi connectivity index (χ4v) is 7.35. The number of carbonyl (C=O) groups is 5. The molecule has 294 valence electrons. The molecular weight excluding hydrogens is 747 g/mol. The smallest absolute Gasteiger partial charge is 0.262 e. The molecule has 7 rings (SSSR count). The van der Waals surface area contributed by atoms with Crippen LogP contribution < -0.4 is 26.6 Å². The summed E-state index contributed by atoms with van der Waals surface area (Å²) < 4.78 is 5.71. The maximum atomic E-state index is 13.1. The molecule has 0 bridgehead atoms. The Labute approximate surface area is 334 Å². The summed E-state index contributed by atoms with van der Waals surface area (Å²) in [5.41, 5.74) is 10.9. The number of pyridine rings is 1. The lowest BCUT2D eigenvalue weighted by molar-refractivity contribution is -0.136. The number of nitrogens with zero attached hydrogens (tertiary/aromatic N) is 5. The van der Waals surface area contributed by atoms with Gasteiger partial charge < -0.3 is 30.9 Å². The summed E-state index contributed by atoms with van der Waals surface area (Å²) in [4.78, 5) is 78.0. The Morgan fingerprint density at radius 2 is 1.65 bits per heavy atom. The normalized spacial score (nSPS) is 17.1. The summed E-state index contributed by atoms with van der Waals surface area (Å²) >= 11 is 1.69. The number of thioether (sulfide) groups is 1. The van der Waals surface area contributed by atoms with Crippen molar-refractivity contribution in [2.45, 2.75) is 30.2 Å². The SMILES string of the molecule is CSc1ccc(-c2cccc(N=C(N)Nc3ccc(N4CCN(C(=O)CCOCCNc5ccc6c(c5)C(=O)N(C5CCC(=O)NC5=O)C6=O)CC4)cc3)n2)cc1. The number of fused-ring (bicyclic) bond motifs is 1. The number of rotatable bonds is 13. The third kappa shape index (κ3) is 9.24. The number of nitrogens with two attached hydrogens (primary N) is 1. The van der Waals surface area contributed by atoms with Crippen LogP contribution in [-0.4, -0.2) is 109 Å². The van der Waals surface area contributed by atoms with Gasteiger partial charge in [0.05, 0.1) is 36.5 Å². The van der Waals surface area contributed by atoms with E-state index in [4.69, 9.17) is 10.5 Å². The fourth-order valence-electron chi connectivity index (χ4n) is 6.95. The van der Waals surface area contributed by atoms with Gasteiger partial charge in [0.2, 0.25) is 17.7 Å². The van der Waals surface area contributed by atoms with Crippen molar-refractivity contribution in [2.75, 3.05) is 67.7 Å². The highest BCUT2D eigenvalue weighted by molar-refractivity contribution is 7.98. The number of aromatic nitrogens is 1. The summed E-state index contributed by atoms with van der Waals surface area (Å²) in [7, 11) is 0. The van der Waals surface area contributed by atoms with Gasteiger partial charge in [-0.2, -0.15) is 4.99 Å². The van der Waals surface area contributed by atoms with E-state index in [2.05, 4.69) is 43.0 Å². The first-order chi connectivity index (χ1) is 27.7. The van der Waals surface area contributed by atoms with Crippen molar-refractivity contribution in [3.05, 3.63) is 96.1 Å². The quantitative estimate of drug-likeness (QED) is 0.0500. The van der Waals surface area contributed by atoms with Crippen LogP contribution in [0.1, 0.15) is 40.0 Å². The van der Waals surface area contributed by atoms with Gasteiger partial charge in [-0.15, -0.1) is 11.8 Å². The number of piperidine rings is 1. The van der Waals surface area contributed by atoms with E-state index in [1.807, 2.05) is 65.8 Å². The second-order valence-electron chi connectivity index (χ2n) is 13.6. The maximum Gasteiger partial charge on any atom is 0.262 e. The standard InChI is InChI=1S/C41H43N9O6S/c1-57-30-12-5-26(6-13-30)33-3-2-4-35(45-33)46-41(42)44-27-7-10-29(11-8-27)48-19-21-49(22-20-48)37(52)17-23-56-24-18-43-28-9-14-31-32(25-28)40(55)50(39(31)54)34-15-16-36(51)47-38(34)53/h2-14,25,34,43H,15-24H2,1H3,(H,47,51,53)(H3,42,44,45,46). The Morgan fingerprint density at radius 3 is 2.39 bits per heavy atom. The number of ether oxygens (including phenoxy) is 1. The maximum absolute atomic E-state index is 13.1. The van der Waals surface area contributed by atoms with Crippen molar-refractivity contribution in [2.24, 2.45) is 10.7 Å². The van der Waals surface area contributed by atoms with Gasteiger partial charge in [-0.1, -0.05) is 18.2 Å². The Morgan fingerprint density at radius 1 is 0.912 bits per heavy atom. The monoisotopic (exact) mass is 789 g/mol. The van der Waals surface area contributed by atoms with E-state index < -0.39 is 29.7 Å². The van der Waals surface area contributed by atoms with Crippen molar-refractivity contribution < 1.29 is 28.7 Å². The van der Waals surface area contributed by atoms with Gasteiger partial charge in [-0.25, -0.2) is 4.98 Å². The van der Waals surface area contributed by atoms with Gasteiger partial charge in [-0.05, 0) is 79.4 Å². The number of amides is 5. The largest absolute Gasteiger partial charge is 0.383 e. The molecule has 1 atom stereocenters. The van der Waals surface area contributed by atoms with Crippen LogP contribution in [0.25, 0.3) is 11.3 Å². The number of carbonyl (C=O) groups excluding carboxylic acids is 5. The van der Waals surface area contributed by atoms with Gasteiger partial charge in [0, 0.05) is 66.7 Å². The van der Waals surface area contributed by atoms with Crippen LogP contribution in [0.15, 0.2) is 94.8 Å². The van der Waals surface area contributed by atoms with E-state index in [0.717, 1.165) is 27.5 Å². The molecule has 5 N–H and O–H groups in total. The van der Waals surface area contributed by atoms with Gasteiger partial charge in [0.25, 0.3) is 11.8 Å². The molecule has 0 spiro atoms. The molecule has 3 aliphatic rings. The molecule has 15 nitrogen and oxygen atoms in total. The zero-order valence-corrected chi connectivity index (χ0v) is 32.2. The Kier molecular flexibility index (Phi) is 12.1. The molecule has 0 radical (unpaired) electrons. The summed E-state index contributed by atoms with van der Waals surface area (Å²) in [5.74, 6) is -1.41. The average molecular weight is 790 g/mol. The van der Waals surface area contributed by atoms with E-state index in [1.54, 1.807) is 30.0 Å². The second kappa shape index (κ2) is 17.7. The number of hydrogen-bond donors (Lipinski definition) is 4. The molecule has 1 aromatic heterocycles. The van der Waals surface area contributed by atoms with Gasteiger partial charge in [-0.3, -0.25) is 34.2 Å². The van der Waals surface area contributed by atoms with Crippen molar-refractivity contribution >= 4 is 70.1 Å². The van der Waals surface area contributed by atoms with Crippen LogP contribution in [0.3, 0.4) is 0 Å². The molecule has 3 aliphatic heterocycles. The molecule has 0 saturated carbocycles. The van der Waals surface area contributed by atoms with E-state index in [9.17, 15) is 24.0 Å². The zero-order valence-electron chi connectivity index (χ0n) is 31.4. The van der Waals surface area contributed by atoms with Crippen molar-refractivity contribution in [3.63, 3.8) is 0 Å². The molecular formula is C41H43N9O6S. The minimum Gasteiger partial charge on any atom is -0.383 e. The molecule has 4 aromatic rings. The topological polar surface area (TPSA) is 192 Å². The van der Waals surface area contributed by atoms with Crippen molar-refractivity contribution in [1.29, 1.82) is 0 Å². The lowest BCUT2D eigenvalue weighted by Crippen LogP contribution is -2.54. The second-order valence-corrected chi connectivity index (χ2v) is 14.5. The minimum absolute atomic E-state index is 0.0350. The number of anilines is 3. The number of hydrogen-bond acceptors (Lipinski definition) is 11. The molecule has 4 heterocycles. The molecule has 57 heavy (non-hydrogen) atoms. The molecule has 3 aromatic carbocycles. The minimum atomic E-state index is -1.01. The zero-order chi connectivity index (χ0) is 39.9. The number of benzene rings is 3. The van der Waals surface area contributed by atoms with Crippen LogP contribution in [-0.2, 0) is 19.1 Å². The third-order valence-corrected chi connectivity index (χ3v) is 10.7. The molecule has 1 unspecified atom stereocenters. The Bertz CT molecular complexity index is 2190. The highest BCUT2D eigenvalue weighted by Gasteiger charge is 2.44. The van der Waals surface area contributed by atoms with Crippen LogP contribution >= 0.6 is 11.8 Å². The molecule has 5 amide bonds. The molecule has 16 heteroatoms. The molecule has 2 fully saturated rings. The van der Waals surface area contributed by atoms with E-state index in [1.165, 1.54) is 4.90 Å². The lowest BCUT2D eigenvalue weighted by atomic mass is 10.0. The van der Waals surface area contributed by atoms with Gasteiger partial charge in [0.1, 0.15) is 6.04 Å². The highest BCUT2D eigenvalue weighted by atomic mass is 32.2. The molecule has 0 aliphatic carbocycles. The fraction of sp³-hybridized carbons (Fsp3) is 0.293.